The highest BCUT2D eigenvalue weighted by Crippen LogP contribution is 1.94. The van der Waals surface area contributed by atoms with Crippen LogP contribution in [0.4, 0.5) is 4.79 Å². The number of amides is 1. The molecule has 2 N–H and O–H groups in total. The lowest BCUT2D eigenvalue weighted by Gasteiger charge is -2.11. The third-order valence-corrected chi connectivity index (χ3v) is 1.62. The van der Waals surface area contributed by atoms with Gasteiger partial charge in [0.2, 0.25) is 0 Å². The number of hydrogen-bond acceptors (Lipinski definition) is 4. The van der Waals surface area contributed by atoms with E-state index in [1.165, 1.54) is 0 Å². The third-order valence-electron chi connectivity index (χ3n) is 1.62. The highest BCUT2D eigenvalue weighted by atomic mass is 16.5. The van der Waals surface area contributed by atoms with Gasteiger partial charge >= 0.3 is 12.1 Å². The van der Waals surface area contributed by atoms with Crippen molar-refractivity contribution in [2.45, 2.75) is 32.2 Å². The number of unbranched alkanes of at least 4 members (excludes halogenated alkanes) is 1. The van der Waals surface area contributed by atoms with Crippen LogP contribution in [-0.2, 0) is 9.53 Å². The second-order valence-electron chi connectivity index (χ2n) is 2.89. The fourth-order valence-corrected chi connectivity index (χ4v) is 0.784. The molecule has 0 aromatic carbocycles. The van der Waals surface area contributed by atoms with E-state index in [1.807, 2.05) is 6.92 Å². The molecule has 0 fully saturated rings. The Kier molecular flexibility index (Phi) is 6.72. The van der Waals surface area contributed by atoms with Crippen LogP contribution >= 0.6 is 0 Å². The number of hydrogen-bond donors (Lipinski definition) is 2. The van der Waals surface area contributed by atoms with Crippen LogP contribution in [0, 0.1) is 11.3 Å². The van der Waals surface area contributed by atoms with Gasteiger partial charge < -0.3 is 15.2 Å². The van der Waals surface area contributed by atoms with E-state index in [-0.39, 0.29) is 13.0 Å². The average Bonchev–Trinajstić information content (AvgIpc) is 2.17. The third kappa shape index (κ3) is 6.32. The molecule has 0 aromatic rings. The number of nitriles is 1. The molecule has 0 radical (unpaired) electrons. The van der Waals surface area contributed by atoms with E-state index >= 15 is 0 Å². The van der Waals surface area contributed by atoms with Crippen LogP contribution in [0.15, 0.2) is 0 Å². The van der Waals surface area contributed by atoms with Gasteiger partial charge in [-0.05, 0) is 6.42 Å². The second kappa shape index (κ2) is 7.62. The van der Waals surface area contributed by atoms with Gasteiger partial charge in [-0.2, -0.15) is 5.26 Å². The molecule has 84 valence electrons. The number of nitrogens with one attached hydrogen (secondary N) is 1. The summed E-state index contributed by atoms with van der Waals surface area (Å²) in [6.07, 6.45) is 0.529. The molecule has 6 heteroatoms. The van der Waals surface area contributed by atoms with Gasteiger partial charge in [-0.15, -0.1) is 0 Å². The predicted octanol–water partition coefficient (Wildman–Crippen LogP) is 0.880. The molecule has 1 atom stereocenters. The van der Waals surface area contributed by atoms with Gasteiger partial charge in [0.05, 0.1) is 19.1 Å². The lowest BCUT2D eigenvalue weighted by molar-refractivity contribution is -0.139. The van der Waals surface area contributed by atoms with Crippen molar-refractivity contribution in [1.82, 2.24) is 5.32 Å². The second-order valence-corrected chi connectivity index (χ2v) is 2.89. The Labute approximate surface area is 87.8 Å². The summed E-state index contributed by atoms with van der Waals surface area (Å²) in [6, 6.07) is 0.466. The van der Waals surface area contributed by atoms with Crippen molar-refractivity contribution in [3.63, 3.8) is 0 Å². The van der Waals surface area contributed by atoms with Gasteiger partial charge in [0.15, 0.2) is 0 Å². The van der Waals surface area contributed by atoms with Gasteiger partial charge in [0.25, 0.3) is 0 Å². The zero-order valence-electron chi connectivity index (χ0n) is 8.52. The molecule has 0 spiro atoms. The lowest BCUT2D eigenvalue weighted by atomic mass is 10.2. The molecule has 0 rings (SSSR count). The van der Waals surface area contributed by atoms with Crippen molar-refractivity contribution in [2.75, 3.05) is 6.61 Å². The average molecular weight is 214 g/mol. The molecule has 0 aliphatic carbocycles. The van der Waals surface area contributed by atoms with Crippen LogP contribution in [0.3, 0.4) is 0 Å². The molecule has 0 saturated heterocycles. The fraction of sp³-hybridized carbons (Fsp3) is 0.667. The monoisotopic (exact) mass is 214 g/mol. The largest absolute Gasteiger partial charge is 0.480 e. The Balaban J connectivity index is 3.90. The normalized spacial score (nSPS) is 11.2. The molecular formula is C9H14N2O4. The van der Waals surface area contributed by atoms with Crippen molar-refractivity contribution in [2.24, 2.45) is 0 Å². The van der Waals surface area contributed by atoms with Crippen molar-refractivity contribution >= 4 is 12.1 Å². The molecule has 1 amide bonds. The van der Waals surface area contributed by atoms with Gasteiger partial charge in [-0.25, -0.2) is 9.59 Å². The number of carboxylic acids is 1. The zero-order valence-corrected chi connectivity index (χ0v) is 8.52. The van der Waals surface area contributed by atoms with Crippen molar-refractivity contribution in [3.05, 3.63) is 0 Å². The maximum absolute atomic E-state index is 11.0. The van der Waals surface area contributed by atoms with Gasteiger partial charge in [-0.3, -0.25) is 0 Å². The quantitative estimate of drug-likeness (QED) is 0.639. The van der Waals surface area contributed by atoms with Crippen LogP contribution in [-0.4, -0.2) is 29.8 Å². The summed E-state index contributed by atoms with van der Waals surface area (Å²) in [6.45, 7) is 2.19. The molecule has 0 saturated carbocycles. The van der Waals surface area contributed by atoms with Crippen LogP contribution in [0.25, 0.3) is 0 Å². The minimum atomic E-state index is -1.25. The van der Waals surface area contributed by atoms with E-state index in [1.54, 1.807) is 6.07 Å². The molecule has 0 aliphatic rings. The zero-order chi connectivity index (χ0) is 11.7. The molecular weight excluding hydrogens is 200 g/mol. The van der Waals surface area contributed by atoms with Crippen LogP contribution in [0.2, 0.25) is 0 Å². The van der Waals surface area contributed by atoms with E-state index in [0.29, 0.717) is 0 Å². The molecule has 0 unspecified atom stereocenters. The number of carbonyl (C=O) groups excluding carboxylic acids is 1. The molecule has 0 heterocycles. The maximum Gasteiger partial charge on any atom is 0.407 e. The Morgan fingerprint density at radius 2 is 2.27 bits per heavy atom. The standard InChI is InChI=1S/C9H14N2O4/c1-2-3-6-15-9(14)11-7(4-5-10)8(12)13/h7H,2-4,6H2,1H3,(H,11,14)(H,12,13)/t7-/m1/s1. The molecule has 0 aliphatic heterocycles. The smallest absolute Gasteiger partial charge is 0.407 e. The fourth-order valence-electron chi connectivity index (χ4n) is 0.784. The van der Waals surface area contributed by atoms with Gasteiger partial charge in [0.1, 0.15) is 6.04 Å². The van der Waals surface area contributed by atoms with E-state index in [9.17, 15) is 9.59 Å². The molecule has 0 aromatic heterocycles. The number of alkyl carbamates (subject to hydrolysis) is 1. The number of aliphatic carboxylic acids is 1. The highest BCUT2D eigenvalue weighted by Gasteiger charge is 2.19. The summed E-state index contributed by atoms with van der Waals surface area (Å²) < 4.78 is 4.69. The lowest BCUT2D eigenvalue weighted by Crippen LogP contribution is -2.40. The molecule has 15 heavy (non-hydrogen) atoms. The Hall–Kier alpha value is -1.77. The van der Waals surface area contributed by atoms with E-state index < -0.39 is 18.1 Å². The summed E-state index contributed by atoms with van der Waals surface area (Å²) in [5.41, 5.74) is 0. The van der Waals surface area contributed by atoms with Crippen molar-refractivity contribution < 1.29 is 19.4 Å². The van der Waals surface area contributed by atoms with Crippen LogP contribution in [0.1, 0.15) is 26.2 Å². The number of carboxylic acid groups (broad SMARTS) is 1. The first-order chi connectivity index (χ1) is 7.11. The van der Waals surface area contributed by atoms with Crippen molar-refractivity contribution in [1.29, 1.82) is 5.26 Å². The first-order valence-corrected chi connectivity index (χ1v) is 4.64. The summed E-state index contributed by atoms with van der Waals surface area (Å²) in [4.78, 5) is 21.5. The Morgan fingerprint density at radius 1 is 1.60 bits per heavy atom. The van der Waals surface area contributed by atoms with Crippen molar-refractivity contribution in [3.8, 4) is 6.07 Å². The summed E-state index contributed by atoms with van der Waals surface area (Å²) >= 11 is 0. The number of carbonyl (C=O) groups is 2. The Bertz CT molecular complexity index is 259. The number of rotatable bonds is 6. The Morgan fingerprint density at radius 3 is 2.73 bits per heavy atom. The minimum absolute atomic E-state index is 0.251. The highest BCUT2D eigenvalue weighted by molar-refractivity contribution is 5.80. The first-order valence-electron chi connectivity index (χ1n) is 4.64. The number of ether oxygens (including phenoxy) is 1. The molecule has 0 bridgehead atoms. The first kappa shape index (κ1) is 13.2. The van der Waals surface area contributed by atoms with E-state index in [2.05, 4.69) is 10.1 Å². The minimum Gasteiger partial charge on any atom is -0.480 e. The van der Waals surface area contributed by atoms with Crippen LogP contribution in [0.5, 0.6) is 0 Å². The maximum atomic E-state index is 11.0. The SMILES string of the molecule is CCCCOC(=O)N[C@H](CC#N)C(=O)O. The van der Waals surface area contributed by atoms with Crippen LogP contribution < -0.4 is 5.32 Å². The van der Waals surface area contributed by atoms with E-state index in [0.717, 1.165) is 12.8 Å². The van der Waals surface area contributed by atoms with Gasteiger partial charge in [-0.1, -0.05) is 13.3 Å². The summed E-state index contributed by atoms with van der Waals surface area (Å²) in [5, 5.41) is 19.0. The molecule has 6 nitrogen and oxygen atoms in total. The summed E-state index contributed by atoms with van der Waals surface area (Å²) in [7, 11) is 0. The van der Waals surface area contributed by atoms with E-state index in [4.69, 9.17) is 10.4 Å². The van der Waals surface area contributed by atoms with Gasteiger partial charge in [0, 0.05) is 0 Å². The summed E-state index contributed by atoms with van der Waals surface area (Å²) in [5.74, 6) is -1.25. The topological polar surface area (TPSA) is 99.4 Å². The predicted molar refractivity (Wildman–Crippen MR) is 51.0 cm³/mol. The number of nitrogens with zero attached hydrogens (tertiary/aromatic N) is 1.